The van der Waals surface area contributed by atoms with Gasteiger partial charge in [-0.15, -0.1) is 0 Å². The number of sulfone groups is 1. The summed E-state index contributed by atoms with van der Waals surface area (Å²) in [7, 11) is -3.79. The van der Waals surface area contributed by atoms with Gasteiger partial charge in [-0.3, -0.25) is 4.79 Å². The predicted octanol–water partition coefficient (Wildman–Crippen LogP) is 3.55. The Labute approximate surface area is 179 Å². The molecule has 166 valence electrons. The minimum Gasteiger partial charge on any atom is -0.460 e. The number of aromatic nitrogens is 1. The number of alkyl halides is 2. The summed E-state index contributed by atoms with van der Waals surface area (Å²) >= 11 is 0. The maximum absolute atomic E-state index is 12.9. The second kappa shape index (κ2) is 8.79. The molecule has 1 saturated carbocycles. The number of hydrogen-bond acceptors (Lipinski definition) is 6. The normalized spacial score (nSPS) is 17.7. The molecule has 9 heteroatoms. The van der Waals surface area contributed by atoms with Crippen LogP contribution < -0.4 is 0 Å². The van der Waals surface area contributed by atoms with Crippen molar-refractivity contribution in [2.24, 2.45) is 5.92 Å². The molecule has 0 amide bonds. The molecule has 6 nitrogen and oxygen atoms in total. The molecule has 1 heterocycles. The Hall–Kier alpha value is -2.73. The molecular formula is C22H23F2NO5S. The quantitative estimate of drug-likeness (QED) is 0.473. The summed E-state index contributed by atoms with van der Waals surface area (Å²) in [6.07, 6.45) is 0.535. The summed E-state index contributed by atoms with van der Waals surface area (Å²) in [5.41, 5.74) is 1.16. The lowest BCUT2D eigenvalue weighted by Gasteiger charge is -2.30. The van der Waals surface area contributed by atoms with Crippen LogP contribution in [0.3, 0.4) is 0 Å². The number of rotatable bonds is 7. The van der Waals surface area contributed by atoms with Crippen LogP contribution in [-0.2, 0) is 32.4 Å². The van der Waals surface area contributed by atoms with Gasteiger partial charge in [0, 0.05) is 31.1 Å². The van der Waals surface area contributed by atoms with E-state index in [1.54, 1.807) is 24.3 Å². The summed E-state index contributed by atoms with van der Waals surface area (Å²) in [4.78, 5) is 12.7. The zero-order valence-corrected chi connectivity index (χ0v) is 18.0. The van der Waals surface area contributed by atoms with Crippen LogP contribution >= 0.6 is 0 Å². The molecule has 31 heavy (non-hydrogen) atoms. The highest BCUT2D eigenvalue weighted by Crippen LogP contribution is 2.41. The van der Waals surface area contributed by atoms with Crippen LogP contribution in [0.25, 0.3) is 0 Å². The third kappa shape index (κ3) is 5.70. The molecule has 0 radical (unpaired) electrons. The fraction of sp³-hybridized carbons (Fsp3) is 0.455. The van der Waals surface area contributed by atoms with E-state index in [4.69, 9.17) is 9.26 Å². The second-order valence-corrected chi connectivity index (χ2v) is 10.4. The van der Waals surface area contributed by atoms with E-state index >= 15 is 0 Å². The Morgan fingerprint density at radius 2 is 2.00 bits per heavy atom. The second-order valence-electron chi connectivity index (χ2n) is 7.98. The number of ether oxygens (including phenoxy) is 1. The Kier molecular flexibility index (Phi) is 6.51. The molecule has 1 aromatic carbocycles. The summed E-state index contributed by atoms with van der Waals surface area (Å²) in [6.45, 7) is 1.29. The van der Waals surface area contributed by atoms with Gasteiger partial charge in [0.2, 0.25) is 5.76 Å². The number of halogens is 2. The molecule has 0 spiro atoms. The summed E-state index contributed by atoms with van der Waals surface area (Å²) < 4.78 is 59.0. The SMILES string of the molecule is C[C@@](CCc1cc(C#CC2CC(F)(F)C2)on1)(C(=O)OCc1ccccc1)S(C)(=O)=O. The highest BCUT2D eigenvalue weighted by atomic mass is 32.2. The fourth-order valence-electron chi connectivity index (χ4n) is 3.11. The number of esters is 1. The summed E-state index contributed by atoms with van der Waals surface area (Å²) in [5.74, 6) is 1.74. The third-order valence-corrected chi connectivity index (χ3v) is 7.38. The molecular weight excluding hydrogens is 428 g/mol. The lowest BCUT2D eigenvalue weighted by atomic mass is 9.82. The molecule has 0 unspecified atom stereocenters. The average molecular weight is 451 g/mol. The van der Waals surface area contributed by atoms with Gasteiger partial charge in [-0.2, -0.15) is 0 Å². The van der Waals surface area contributed by atoms with E-state index in [0.717, 1.165) is 11.8 Å². The third-order valence-electron chi connectivity index (χ3n) is 5.37. The Morgan fingerprint density at radius 1 is 1.32 bits per heavy atom. The van der Waals surface area contributed by atoms with Crippen molar-refractivity contribution in [1.29, 1.82) is 0 Å². The Morgan fingerprint density at radius 3 is 2.61 bits per heavy atom. The summed E-state index contributed by atoms with van der Waals surface area (Å²) in [5, 5.41) is 3.83. The van der Waals surface area contributed by atoms with Crippen molar-refractivity contribution >= 4 is 15.8 Å². The topological polar surface area (TPSA) is 86.5 Å². The van der Waals surface area contributed by atoms with E-state index in [1.807, 2.05) is 6.07 Å². The molecule has 0 N–H and O–H groups in total. The molecule has 0 aliphatic heterocycles. The van der Waals surface area contributed by atoms with E-state index in [0.29, 0.717) is 5.69 Å². The van der Waals surface area contributed by atoms with E-state index in [-0.39, 0.29) is 44.0 Å². The standard InChI is InChI=1S/C22H23F2NO5S/c1-21(31(2,27)28,20(26)29-15-16-6-4-3-5-7-16)11-10-18-12-19(30-25-18)9-8-17-13-22(23,24)14-17/h3-7,12,17H,10-11,13-15H2,1-2H3/t21-/m1/s1. The van der Waals surface area contributed by atoms with Crippen molar-refractivity contribution in [2.45, 2.75) is 49.9 Å². The van der Waals surface area contributed by atoms with Crippen molar-refractivity contribution in [3.05, 3.63) is 53.4 Å². The molecule has 1 fully saturated rings. The first kappa shape index (κ1) is 22.9. The largest absolute Gasteiger partial charge is 0.460 e. The monoisotopic (exact) mass is 451 g/mol. The van der Waals surface area contributed by atoms with E-state index < -0.39 is 26.5 Å². The number of hydrogen-bond donors (Lipinski definition) is 0. The Bertz CT molecular complexity index is 1090. The maximum Gasteiger partial charge on any atom is 0.327 e. The zero-order valence-electron chi connectivity index (χ0n) is 17.2. The van der Waals surface area contributed by atoms with Crippen LogP contribution in [0.4, 0.5) is 8.78 Å². The Balaban J connectivity index is 1.62. The van der Waals surface area contributed by atoms with Gasteiger partial charge in [0.1, 0.15) is 6.61 Å². The molecule has 1 atom stereocenters. The van der Waals surface area contributed by atoms with Gasteiger partial charge in [-0.05, 0) is 31.2 Å². The smallest absolute Gasteiger partial charge is 0.327 e. The summed E-state index contributed by atoms with van der Waals surface area (Å²) in [6, 6.07) is 10.5. The first-order valence-electron chi connectivity index (χ1n) is 9.74. The number of carbonyl (C=O) groups excluding carboxylic acids is 1. The lowest BCUT2D eigenvalue weighted by Crippen LogP contribution is -2.44. The molecule has 1 aliphatic rings. The van der Waals surface area contributed by atoms with Crippen molar-refractivity contribution in [3.63, 3.8) is 0 Å². The van der Waals surface area contributed by atoms with E-state index in [9.17, 15) is 22.0 Å². The van der Waals surface area contributed by atoms with Gasteiger partial charge in [-0.1, -0.05) is 41.4 Å². The van der Waals surface area contributed by atoms with Gasteiger partial charge >= 0.3 is 5.97 Å². The first-order chi connectivity index (χ1) is 14.5. The van der Waals surface area contributed by atoms with Crippen molar-refractivity contribution in [3.8, 4) is 11.8 Å². The molecule has 0 saturated heterocycles. The highest BCUT2D eigenvalue weighted by Gasteiger charge is 2.45. The lowest BCUT2D eigenvalue weighted by molar-refractivity contribution is -0.147. The van der Waals surface area contributed by atoms with Crippen molar-refractivity contribution in [2.75, 3.05) is 6.26 Å². The zero-order chi connectivity index (χ0) is 22.7. The number of carbonyl (C=O) groups is 1. The minimum absolute atomic E-state index is 0.0330. The molecule has 2 aromatic rings. The van der Waals surface area contributed by atoms with Crippen LogP contribution in [0, 0.1) is 17.8 Å². The number of benzene rings is 1. The first-order valence-corrected chi connectivity index (χ1v) is 11.6. The van der Waals surface area contributed by atoms with Crippen molar-refractivity contribution in [1.82, 2.24) is 5.16 Å². The van der Waals surface area contributed by atoms with Gasteiger partial charge in [-0.25, -0.2) is 17.2 Å². The molecule has 3 rings (SSSR count). The van der Waals surface area contributed by atoms with Crippen LogP contribution in [0.2, 0.25) is 0 Å². The highest BCUT2D eigenvalue weighted by molar-refractivity contribution is 7.92. The van der Waals surface area contributed by atoms with Crippen LogP contribution in [0.5, 0.6) is 0 Å². The predicted molar refractivity (Wildman–Crippen MR) is 109 cm³/mol. The van der Waals surface area contributed by atoms with Gasteiger partial charge < -0.3 is 9.26 Å². The number of aryl methyl sites for hydroxylation is 1. The van der Waals surface area contributed by atoms with E-state index in [2.05, 4.69) is 17.0 Å². The maximum atomic E-state index is 12.9. The van der Waals surface area contributed by atoms with Gasteiger partial charge in [0.05, 0.1) is 5.69 Å². The van der Waals surface area contributed by atoms with Crippen LogP contribution in [0.1, 0.15) is 43.2 Å². The van der Waals surface area contributed by atoms with E-state index in [1.165, 1.54) is 13.0 Å². The number of nitrogens with zero attached hydrogens (tertiary/aromatic N) is 1. The van der Waals surface area contributed by atoms with Crippen molar-refractivity contribution < 1.29 is 31.3 Å². The molecule has 1 aliphatic carbocycles. The molecule has 1 aromatic heterocycles. The fourth-order valence-corrected chi connectivity index (χ4v) is 3.94. The van der Waals surface area contributed by atoms with Crippen LogP contribution in [0.15, 0.2) is 40.9 Å². The molecule has 0 bridgehead atoms. The minimum atomic E-state index is -3.79. The average Bonchev–Trinajstić information content (AvgIpc) is 3.14. The van der Waals surface area contributed by atoms with Gasteiger partial charge in [0.25, 0.3) is 5.92 Å². The van der Waals surface area contributed by atoms with Gasteiger partial charge in [0.15, 0.2) is 14.6 Å². The van der Waals surface area contributed by atoms with Crippen LogP contribution in [-0.4, -0.2) is 36.5 Å².